The first-order valence-corrected chi connectivity index (χ1v) is 12.4. The Morgan fingerprint density at radius 3 is 2.72 bits per heavy atom. The molecule has 0 spiro atoms. The maximum atomic E-state index is 14.0. The molecule has 1 N–H and O–H groups in total. The lowest BCUT2D eigenvalue weighted by atomic mass is 10.00. The predicted octanol–water partition coefficient (Wildman–Crippen LogP) is 3.14. The summed E-state index contributed by atoms with van der Waals surface area (Å²) in [6.45, 7) is 5.05. The fourth-order valence-electron chi connectivity index (χ4n) is 3.92. The zero-order valence-corrected chi connectivity index (χ0v) is 18.4. The van der Waals surface area contributed by atoms with E-state index in [1.807, 2.05) is 0 Å². The Kier molecular flexibility index (Phi) is 9.36. The third-order valence-electron chi connectivity index (χ3n) is 5.45. The minimum absolute atomic E-state index is 0.0161. The summed E-state index contributed by atoms with van der Waals surface area (Å²) in [7, 11) is -3.62. The van der Waals surface area contributed by atoms with Gasteiger partial charge in [-0.3, -0.25) is 9.10 Å². The Labute approximate surface area is 174 Å². The largest absolute Gasteiger partial charge is 0.356 e. The number of sulfonamides is 1. The number of piperidine rings is 1. The van der Waals surface area contributed by atoms with E-state index in [-0.39, 0.29) is 24.6 Å². The smallest absolute Gasteiger partial charge is 0.232 e. The highest BCUT2D eigenvalue weighted by molar-refractivity contribution is 7.92. The molecule has 1 atom stereocenters. The standard InChI is InChI=1S/C21H34FN3O3S/c1-3-18-10-6-7-15-24(18)16-9-14-23-21(26)13-8-17-25(29(2,27)28)20-12-5-4-11-19(20)22/h4-5,11-12,18H,3,6-10,13-17H2,1-2H3,(H,23,26). The highest BCUT2D eigenvalue weighted by atomic mass is 32.2. The lowest BCUT2D eigenvalue weighted by Crippen LogP contribution is -2.40. The van der Waals surface area contributed by atoms with E-state index in [1.165, 1.54) is 43.9 Å². The van der Waals surface area contributed by atoms with Crippen molar-refractivity contribution < 1.29 is 17.6 Å². The Balaban J connectivity index is 1.72. The molecular formula is C21H34FN3O3S. The van der Waals surface area contributed by atoms with Crippen LogP contribution in [0.25, 0.3) is 0 Å². The van der Waals surface area contributed by atoms with Crippen LogP contribution in [0.3, 0.4) is 0 Å². The summed E-state index contributed by atoms with van der Waals surface area (Å²) in [5.41, 5.74) is 0.0161. The zero-order valence-electron chi connectivity index (χ0n) is 17.6. The molecule has 1 heterocycles. The SMILES string of the molecule is CCC1CCCCN1CCCNC(=O)CCCN(c1ccccc1F)S(C)(=O)=O. The molecule has 1 aliphatic heterocycles. The quantitative estimate of drug-likeness (QED) is 0.551. The molecule has 0 saturated carbocycles. The molecule has 1 unspecified atom stereocenters. The maximum absolute atomic E-state index is 14.0. The van der Waals surface area contributed by atoms with Gasteiger partial charge in [0.25, 0.3) is 0 Å². The van der Waals surface area contributed by atoms with Crippen LogP contribution in [0.2, 0.25) is 0 Å². The number of anilines is 1. The van der Waals surface area contributed by atoms with E-state index in [0.29, 0.717) is 19.0 Å². The molecule has 0 radical (unpaired) electrons. The van der Waals surface area contributed by atoms with Gasteiger partial charge in [0.15, 0.2) is 0 Å². The number of nitrogens with zero attached hydrogens (tertiary/aromatic N) is 2. The van der Waals surface area contributed by atoms with E-state index in [9.17, 15) is 17.6 Å². The molecule has 0 aromatic heterocycles. The van der Waals surface area contributed by atoms with Crippen molar-refractivity contribution in [1.82, 2.24) is 10.2 Å². The summed E-state index contributed by atoms with van der Waals surface area (Å²) in [4.78, 5) is 14.6. The fourth-order valence-corrected chi connectivity index (χ4v) is 4.88. The first kappa shape index (κ1) is 23.6. The van der Waals surface area contributed by atoms with E-state index in [4.69, 9.17) is 0 Å². The van der Waals surface area contributed by atoms with Crippen molar-refractivity contribution >= 4 is 21.6 Å². The van der Waals surface area contributed by atoms with Gasteiger partial charge in [0, 0.05) is 32.1 Å². The average Bonchev–Trinajstić information content (AvgIpc) is 2.69. The number of hydrogen-bond acceptors (Lipinski definition) is 4. The van der Waals surface area contributed by atoms with Gasteiger partial charge >= 0.3 is 0 Å². The topological polar surface area (TPSA) is 69.7 Å². The van der Waals surface area contributed by atoms with Gasteiger partial charge in [0.2, 0.25) is 15.9 Å². The van der Waals surface area contributed by atoms with Gasteiger partial charge in [-0.25, -0.2) is 12.8 Å². The van der Waals surface area contributed by atoms with E-state index >= 15 is 0 Å². The molecule has 164 valence electrons. The number of amides is 1. The fraction of sp³-hybridized carbons (Fsp3) is 0.667. The summed E-state index contributed by atoms with van der Waals surface area (Å²) in [6.07, 6.45) is 7.49. The van der Waals surface area contributed by atoms with Crippen molar-refractivity contribution in [2.24, 2.45) is 0 Å². The third kappa shape index (κ3) is 7.59. The lowest BCUT2D eigenvalue weighted by Gasteiger charge is -2.35. The van der Waals surface area contributed by atoms with Gasteiger partial charge in [0.05, 0.1) is 11.9 Å². The Morgan fingerprint density at radius 2 is 2.03 bits per heavy atom. The Morgan fingerprint density at radius 1 is 1.28 bits per heavy atom. The molecule has 0 aliphatic carbocycles. The number of benzene rings is 1. The first-order chi connectivity index (χ1) is 13.8. The number of rotatable bonds is 11. The molecular weight excluding hydrogens is 393 g/mol. The number of halogens is 1. The Hall–Kier alpha value is -1.67. The lowest BCUT2D eigenvalue weighted by molar-refractivity contribution is -0.121. The van der Waals surface area contributed by atoms with E-state index in [1.54, 1.807) is 6.07 Å². The molecule has 1 fully saturated rings. The average molecular weight is 428 g/mol. The summed E-state index contributed by atoms with van der Waals surface area (Å²) < 4.78 is 39.1. The van der Waals surface area contributed by atoms with Crippen LogP contribution in [0.5, 0.6) is 0 Å². The van der Waals surface area contributed by atoms with Crippen LogP contribution in [0.4, 0.5) is 10.1 Å². The molecule has 1 aromatic rings. The summed E-state index contributed by atoms with van der Waals surface area (Å²) in [6, 6.07) is 6.43. The molecule has 6 nitrogen and oxygen atoms in total. The number of nitrogens with one attached hydrogen (secondary N) is 1. The van der Waals surface area contributed by atoms with Crippen LogP contribution in [0, 0.1) is 5.82 Å². The molecule has 1 amide bonds. The van der Waals surface area contributed by atoms with E-state index in [2.05, 4.69) is 17.1 Å². The minimum Gasteiger partial charge on any atom is -0.356 e. The van der Waals surface area contributed by atoms with Gasteiger partial charge in [-0.05, 0) is 50.8 Å². The van der Waals surface area contributed by atoms with Gasteiger partial charge in [0.1, 0.15) is 5.82 Å². The van der Waals surface area contributed by atoms with Gasteiger partial charge < -0.3 is 10.2 Å². The number of likely N-dealkylation sites (tertiary alicyclic amines) is 1. The van der Waals surface area contributed by atoms with Crippen LogP contribution in [-0.2, 0) is 14.8 Å². The van der Waals surface area contributed by atoms with Crippen LogP contribution < -0.4 is 9.62 Å². The number of hydrogen-bond donors (Lipinski definition) is 1. The number of para-hydroxylation sites is 1. The van der Waals surface area contributed by atoms with Gasteiger partial charge in [-0.1, -0.05) is 25.5 Å². The van der Waals surface area contributed by atoms with Crippen LogP contribution in [0.1, 0.15) is 51.9 Å². The van der Waals surface area contributed by atoms with Crippen molar-refractivity contribution in [2.45, 2.75) is 57.9 Å². The van der Waals surface area contributed by atoms with E-state index in [0.717, 1.165) is 30.1 Å². The molecule has 1 aromatic carbocycles. The van der Waals surface area contributed by atoms with Gasteiger partial charge in [-0.2, -0.15) is 0 Å². The van der Waals surface area contributed by atoms with Crippen molar-refractivity contribution in [3.63, 3.8) is 0 Å². The van der Waals surface area contributed by atoms with Crippen molar-refractivity contribution in [1.29, 1.82) is 0 Å². The molecule has 29 heavy (non-hydrogen) atoms. The number of carbonyl (C=O) groups is 1. The summed E-state index contributed by atoms with van der Waals surface area (Å²) >= 11 is 0. The van der Waals surface area contributed by atoms with E-state index < -0.39 is 15.8 Å². The highest BCUT2D eigenvalue weighted by Gasteiger charge is 2.21. The highest BCUT2D eigenvalue weighted by Crippen LogP contribution is 2.22. The maximum Gasteiger partial charge on any atom is 0.232 e. The second-order valence-corrected chi connectivity index (χ2v) is 9.59. The normalized spacial score (nSPS) is 17.8. The second-order valence-electron chi connectivity index (χ2n) is 7.69. The monoisotopic (exact) mass is 427 g/mol. The van der Waals surface area contributed by atoms with Crippen molar-refractivity contribution in [3.05, 3.63) is 30.1 Å². The molecule has 0 bridgehead atoms. The molecule has 8 heteroatoms. The zero-order chi connectivity index (χ0) is 21.3. The van der Waals surface area contributed by atoms with Crippen LogP contribution in [-0.4, -0.2) is 57.7 Å². The minimum atomic E-state index is -3.62. The van der Waals surface area contributed by atoms with Crippen molar-refractivity contribution in [2.75, 3.05) is 36.7 Å². The molecule has 1 aliphatic rings. The molecule has 2 rings (SSSR count). The van der Waals surface area contributed by atoms with Gasteiger partial charge in [-0.15, -0.1) is 0 Å². The first-order valence-electron chi connectivity index (χ1n) is 10.6. The van der Waals surface area contributed by atoms with Crippen LogP contribution in [0.15, 0.2) is 24.3 Å². The number of carbonyl (C=O) groups excluding carboxylic acids is 1. The second kappa shape index (κ2) is 11.5. The predicted molar refractivity (Wildman–Crippen MR) is 115 cm³/mol. The Bertz CT molecular complexity index is 757. The van der Waals surface area contributed by atoms with Crippen LogP contribution >= 0.6 is 0 Å². The summed E-state index contributed by atoms with van der Waals surface area (Å²) in [5.74, 6) is -0.692. The third-order valence-corrected chi connectivity index (χ3v) is 6.63. The molecule has 1 saturated heterocycles. The summed E-state index contributed by atoms with van der Waals surface area (Å²) in [5, 5.41) is 2.91. The van der Waals surface area contributed by atoms with Crippen molar-refractivity contribution in [3.8, 4) is 0 Å².